The van der Waals surface area contributed by atoms with Crippen molar-refractivity contribution in [3.05, 3.63) is 34.2 Å². The first kappa shape index (κ1) is 11.7. The molecule has 17 heavy (non-hydrogen) atoms. The summed E-state index contributed by atoms with van der Waals surface area (Å²) in [7, 11) is 1.69. The number of aromatic amines is 2. The van der Waals surface area contributed by atoms with Crippen LogP contribution in [0.5, 0.6) is 0 Å². The number of benzene rings is 1. The molecule has 0 bridgehead atoms. The molecule has 1 amide bonds. The van der Waals surface area contributed by atoms with Gasteiger partial charge in [0, 0.05) is 13.6 Å². The van der Waals surface area contributed by atoms with Crippen LogP contribution < -0.4 is 5.69 Å². The van der Waals surface area contributed by atoms with Gasteiger partial charge in [0.1, 0.15) is 5.88 Å². The summed E-state index contributed by atoms with van der Waals surface area (Å²) in [4.78, 5) is 29.3. The molecular formula is C11H12ClN3O2. The summed E-state index contributed by atoms with van der Waals surface area (Å²) in [5.41, 5.74) is 2.19. The number of hydrogen-bond acceptors (Lipinski definition) is 2. The summed E-state index contributed by atoms with van der Waals surface area (Å²) in [5.74, 6) is -0.158. The number of nitrogens with one attached hydrogen (secondary N) is 2. The van der Waals surface area contributed by atoms with Crippen molar-refractivity contribution < 1.29 is 4.79 Å². The van der Waals surface area contributed by atoms with Gasteiger partial charge in [-0.05, 0) is 17.7 Å². The highest BCUT2D eigenvalue weighted by Crippen LogP contribution is 2.11. The van der Waals surface area contributed by atoms with Crippen LogP contribution >= 0.6 is 11.6 Å². The van der Waals surface area contributed by atoms with Gasteiger partial charge in [0.2, 0.25) is 5.91 Å². The van der Waals surface area contributed by atoms with Gasteiger partial charge in [0.15, 0.2) is 0 Å². The summed E-state index contributed by atoms with van der Waals surface area (Å²) in [6, 6.07) is 5.51. The third kappa shape index (κ3) is 2.50. The van der Waals surface area contributed by atoms with Crippen LogP contribution in [-0.4, -0.2) is 33.7 Å². The van der Waals surface area contributed by atoms with Gasteiger partial charge in [-0.1, -0.05) is 6.07 Å². The Morgan fingerprint density at radius 3 is 2.76 bits per heavy atom. The molecule has 2 N–H and O–H groups in total. The van der Waals surface area contributed by atoms with E-state index in [2.05, 4.69) is 9.97 Å². The van der Waals surface area contributed by atoms with Crippen molar-refractivity contribution in [2.24, 2.45) is 0 Å². The predicted molar refractivity (Wildman–Crippen MR) is 66.1 cm³/mol. The molecule has 0 spiro atoms. The van der Waals surface area contributed by atoms with Gasteiger partial charge in [-0.2, -0.15) is 0 Å². The maximum absolute atomic E-state index is 11.3. The zero-order valence-electron chi connectivity index (χ0n) is 9.29. The Balaban J connectivity index is 2.24. The lowest BCUT2D eigenvalue weighted by Gasteiger charge is -2.15. The first-order valence-corrected chi connectivity index (χ1v) is 5.64. The first-order valence-electron chi connectivity index (χ1n) is 5.11. The van der Waals surface area contributed by atoms with Gasteiger partial charge in [0.25, 0.3) is 0 Å². The molecule has 0 atom stereocenters. The third-order valence-corrected chi connectivity index (χ3v) is 2.77. The molecule has 6 heteroatoms. The topological polar surface area (TPSA) is 69.0 Å². The fourth-order valence-electron chi connectivity index (χ4n) is 1.64. The number of hydrogen-bond donors (Lipinski definition) is 2. The minimum Gasteiger partial charge on any atom is -0.340 e. The van der Waals surface area contributed by atoms with E-state index in [4.69, 9.17) is 11.6 Å². The normalized spacial score (nSPS) is 10.7. The minimum absolute atomic E-state index is 0.0280. The van der Waals surface area contributed by atoms with E-state index < -0.39 is 0 Å². The standard InChI is InChI=1S/C11H12ClN3O2/c1-15(10(16)5-12)6-7-2-3-8-9(4-7)14-11(17)13-8/h2-4H,5-6H2,1H3,(H2,13,14,17). The first-order chi connectivity index (χ1) is 8.10. The number of rotatable bonds is 3. The van der Waals surface area contributed by atoms with Crippen LogP contribution in [0.15, 0.2) is 23.0 Å². The van der Waals surface area contributed by atoms with Gasteiger partial charge in [-0.15, -0.1) is 11.6 Å². The van der Waals surface area contributed by atoms with Crippen LogP contribution in [0.2, 0.25) is 0 Å². The fraction of sp³-hybridized carbons (Fsp3) is 0.273. The number of halogens is 1. The number of alkyl halides is 1. The summed E-state index contributed by atoms with van der Waals surface area (Å²) in [6.45, 7) is 0.467. The lowest BCUT2D eigenvalue weighted by atomic mass is 10.2. The Morgan fingerprint density at radius 2 is 2.06 bits per heavy atom. The monoisotopic (exact) mass is 253 g/mol. The fourth-order valence-corrected chi connectivity index (χ4v) is 1.85. The molecule has 0 aliphatic carbocycles. The van der Waals surface area contributed by atoms with Crippen molar-refractivity contribution >= 4 is 28.5 Å². The third-order valence-electron chi connectivity index (χ3n) is 2.54. The van der Waals surface area contributed by atoms with Gasteiger partial charge in [-0.25, -0.2) is 4.79 Å². The van der Waals surface area contributed by atoms with Crippen molar-refractivity contribution in [3.63, 3.8) is 0 Å². The molecule has 0 aliphatic heterocycles. The van der Waals surface area contributed by atoms with Crippen LogP contribution in [0.4, 0.5) is 0 Å². The molecule has 90 valence electrons. The quantitative estimate of drug-likeness (QED) is 0.803. The number of carbonyl (C=O) groups excluding carboxylic acids is 1. The molecule has 0 saturated carbocycles. The highest BCUT2D eigenvalue weighted by atomic mass is 35.5. The van der Waals surface area contributed by atoms with Crippen LogP contribution in [0.3, 0.4) is 0 Å². The molecule has 0 radical (unpaired) electrons. The lowest BCUT2D eigenvalue weighted by molar-refractivity contribution is -0.127. The van der Waals surface area contributed by atoms with Crippen LogP contribution in [0.25, 0.3) is 11.0 Å². The minimum atomic E-state index is -0.234. The second-order valence-corrected chi connectivity index (χ2v) is 4.11. The van der Waals surface area contributed by atoms with Crippen molar-refractivity contribution in [2.75, 3.05) is 12.9 Å². The molecule has 0 fully saturated rings. The Labute approximate surface area is 102 Å². The Kier molecular flexibility index (Phi) is 3.19. The summed E-state index contributed by atoms with van der Waals surface area (Å²) < 4.78 is 0. The van der Waals surface area contributed by atoms with Gasteiger partial charge >= 0.3 is 5.69 Å². The number of carbonyl (C=O) groups is 1. The maximum Gasteiger partial charge on any atom is 0.323 e. The van der Waals surface area contributed by atoms with E-state index in [1.807, 2.05) is 18.2 Å². The van der Waals surface area contributed by atoms with E-state index in [9.17, 15) is 9.59 Å². The molecule has 0 unspecified atom stereocenters. The highest BCUT2D eigenvalue weighted by molar-refractivity contribution is 6.27. The van der Waals surface area contributed by atoms with E-state index in [1.165, 1.54) is 0 Å². The number of imidazole rings is 1. The second kappa shape index (κ2) is 4.63. The van der Waals surface area contributed by atoms with Gasteiger partial charge in [-0.3, -0.25) is 4.79 Å². The average Bonchev–Trinajstić information content (AvgIpc) is 2.67. The molecule has 0 aliphatic rings. The molecule has 5 nitrogen and oxygen atoms in total. The van der Waals surface area contributed by atoms with E-state index >= 15 is 0 Å². The summed E-state index contributed by atoms with van der Waals surface area (Å²) >= 11 is 5.47. The predicted octanol–water partition coefficient (Wildman–Crippen LogP) is 1.05. The van der Waals surface area contributed by atoms with E-state index in [0.717, 1.165) is 16.6 Å². The number of H-pyrrole nitrogens is 2. The number of aromatic nitrogens is 2. The van der Waals surface area contributed by atoms with Crippen LogP contribution in [0, 0.1) is 0 Å². The SMILES string of the molecule is CN(Cc1ccc2[nH]c(=O)[nH]c2c1)C(=O)CCl. The van der Waals surface area contributed by atoms with Crippen molar-refractivity contribution in [1.29, 1.82) is 0 Å². The molecular weight excluding hydrogens is 242 g/mol. The molecule has 1 aromatic heterocycles. The molecule has 1 aromatic carbocycles. The lowest BCUT2D eigenvalue weighted by Crippen LogP contribution is -2.27. The average molecular weight is 254 g/mol. The molecule has 1 heterocycles. The van der Waals surface area contributed by atoms with E-state index in [0.29, 0.717) is 6.54 Å². The Morgan fingerprint density at radius 1 is 1.35 bits per heavy atom. The molecule has 2 aromatic rings. The van der Waals surface area contributed by atoms with E-state index in [1.54, 1.807) is 11.9 Å². The zero-order valence-corrected chi connectivity index (χ0v) is 10.0. The number of amides is 1. The molecule has 0 saturated heterocycles. The smallest absolute Gasteiger partial charge is 0.323 e. The Hall–Kier alpha value is -1.75. The van der Waals surface area contributed by atoms with Crippen molar-refractivity contribution in [3.8, 4) is 0 Å². The second-order valence-electron chi connectivity index (χ2n) is 3.84. The van der Waals surface area contributed by atoms with E-state index in [-0.39, 0.29) is 17.5 Å². The number of nitrogens with zero attached hydrogens (tertiary/aromatic N) is 1. The van der Waals surface area contributed by atoms with Crippen LogP contribution in [-0.2, 0) is 11.3 Å². The number of fused-ring (bicyclic) bond motifs is 1. The summed E-state index contributed by atoms with van der Waals surface area (Å²) in [6.07, 6.45) is 0. The Bertz CT molecular complexity index is 602. The molecule has 2 rings (SSSR count). The highest BCUT2D eigenvalue weighted by Gasteiger charge is 2.08. The van der Waals surface area contributed by atoms with Gasteiger partial charge < -0.3 is 14.9 Å². The van der Waals surface area contributed by atoms with Gasteiger partial charge in [0.05, 0.1) is 11.0 Å². The van der Waals surface area contributed by atoms with Crippen molar-refractivity contribution in [2.45, 2.75) is 6.54 Å². The summed E-state index contributed by atoms with van der Waals surface area (Å²) in [5, 5.41) is 0. The van der Waals surface area contributed by atoms with Crippen LogP contribution in [0.1, 0.15) is 5.56 Å². The largest absolute Gasteiger partial charge is 0.340 e. The van der Waals surface area contributed by atoms with Crippen molar-refractivity contribution in [1.82, 2.24) is 14.9 Å². The zero-order chi connectivity index (χ0) is 12.4. The maximum atomic E-state index is 11.3.